The molecule has 0 radical (unpaired) electrons. The smallest absolute Gasteiger partial charge is 0.0775 e. The Kier molecular flexibility index (Phi) is 5.48. The summed E-state index contributed by atoms with van der Waals surface area (Å²) in [6.45, 7) is 0. The summed E-state index contributed by atoms with van der Waals surface area (Å²) in [7, 11) is 1.91. The third-order valence-electron chi connectivity index (χ3n) is 1.49. The van der Waals surface area contributed by atoms with E-state index in [0.29, 0.717) is 0 Å². The summed E-state index contributed by atoms with van der Waals surface area (Å²) >= 11 is 20.9. The molecule has 0 N–H and O–H groups in total. The van der Waals surface area contributed by atoms with Crippen LogP contribution in [0.1, 0.15) is 0 Å². The average Bonchev–Trinajstić information content (AvgIpc) is 2.11. The fourth-order valence-corrected chi connectivity index (χ4v) is 5.25. The SMILES string of the molecule is CN(Br)c1c(Br)c(Br)c(Br)c(Br)c1Br. The van der Waals surface area contributed by atoms with Crippen LogP contribution in [0.15, 0.2) is 22.4 Å². The first-order valence-corrected chi connectivity index (χ1v) is 7.96. The van der Waals surface area contributed by atoms with Gasteiger partial charge in [0.25, 0.3) is 0 Å². The minimum atomic E-state index is 0.967. The Bertz CT molecular complexity index is 346. The summed E-state index contributed by atoms with van der Waals surface area (Å²) in [5, 5.41) is 0. The standard InChI is InChI=1S/C7H3Br6N/c1-14(13)7-5(11)3(9)2(8)4(10)6(7)12/h1H3. The van der Waals surface area contributed by atoms with Crippen LogP contribution in [0.25, 0.3) is 0 Å². The van der Waals surface area contributed by atoms with Crippen LogP contribution in [0, 0.1) is 0 Å². The molecule has 0 aliphatic carbocycles. The first-order chi connectivity index (χ1) is 6.37. The molecule has 0 fully saturated rings. The van der Waals surface area contributed by atoms with Gasteiger partial charge in [-0.3, -0.25) is 0 Å². The number of halogens is 6. The minimum absolute atomic E-state index is 0.967. The molecule has 0 heterocycles. The number of anilines is 1. The highest BCUT2D eigenvalue weighted by Gasteiger charge is 2.19. The Balaban J connectivity index is 3.60. The van der Waals surface area contributed by atoms with Crippen molar-refractivity contribution in [3.63, 3.8) is 0 Å². The Morgan fingerprint density at radius 1 is 0.714 bits per heavy atom. The summed E-state index contributed by atoms with van der Waals surface area (Å²) in [6.07, 6.45) is 0. The zero-order valence-electron chi connectivity index (χ0n) is 6.72. The van der Waals surface area contributed by atoms with Gasteiger partial charge in [-0.1, -0.05) is 0 Å². The topological polar surface area (TPSA) is 3.24 Å². The van der Waals surface area contributed by atoms with Crippen molar-refractivity contribution in [1.82, 2.24) is 0 Å². The van der Waals surface area contributed by atoms with Crippen molar-refractivity contribution in [2.24, 2.45) is 0 Å². The molecule has 78 valence electrons. The summed E-state index contributed by atoms with van der Waals surface area (Å²) in [4.78, 5) is 0. The maximum atomic E-state index is 3.52. The zero-order chi connectivity index (χ0) is 11.0. The van der Waals surface area contributed by atoms with E-state index >= 15 is 0 Å². The lowest BCUT2D eigenvalue weighted by atomic mass is 10.3. The molecule has 1 aromatic carbocycles. The molecule has 0 aliphatic rings. The van der Waals surface area contributed by atoms with E-state index in [-0.39, 0.29) is 0 Å². The molecular weight excluding hydrogens is 578 g/mol. The maximum Gasteiger partial charge on any atom is 0.0775 e. The first-order valence-electron chi connectivity index (χ1n) is 3.28. The van der Waals surface area contributed by atoms with E-state index in [2.05, 4.69) is 95.8 Å². The molecule has 1 nitrogen and oxygen atoms in total. The second-order valence-corrected chi connectivity index (χ2v) is 7.42. The van der Waals surface area contributed by atoms with Gasteiger partial charge in [-0.15, -0.1) is 0 Å². The molecule has 0 bridgehead atoms. The second-order valence-electron chi connectivity index (χ2n) is 2.40. The van der Waals surface area contributed by atoms with Gasteiger partial charge in [-0.05, 0) is 79.6 Å². The van der Waals surface area contributed by atoms with Crippen molar-refractivity contribution in [3.05, 3.63) is 22.4 Å². The lowest BCUT2D eigenvalue weighted by Crippen LogP contribution is -2.02. The van der Waals surface area contributed by atoms with E-state index < -0.39 is 0 Å². The third kappa shape index (κ3) is 2.59. The fraction of sp³-hybridized carbons (Fsp3) is 0.143. The predicted molar refractivity (Wildman–Crippen MR) is 82.3 cm³/mol. The normalized spacial score (nSPS) is 10.5. The number of rotatable bonds is 1. The Labute approximate surface area is 133 Å². The van der Waals surface area contributed by atoms with Crippen LogP contribution < -0.4 is 3.93 Å². The molecule has 0 unspecified atom stereocenters. The summed E-state index contributed by atoms with van der Waals surface area (Å²) in [5.74, 6) is 0. The van der Waals surface area contributed by atoms with Crippen molar-refractivity contribution in [1.29, 1.82) is 0 Å². The van der Waals surface area contributed by atoms with Gasteiger partial charge in [0, 0.05) is 36.6 Å². The molecule has 0 atom stereocenters. The Morgan fingerprint density at radius 2 is 1.00 bits per heavy atom. The highest BCUT2D eigenvalue weighted by atomic mass is 79.9. The first kappa shape index (κ1) is 14.0. The zero-order valence-corrected chi connectivity index (χ0v) is 16.2. The highest BCUT2D eigenvalue weighted by Crippen LogP contribution is 2.48. The minimum Gasteiger partial charge on any atom is -0.310 e. The number of hydrogen-bond donors (Lipinski definition) is 0. The van der Waals surface area contributed by atoms with Gasteiger partial charge >= 0.3 is 0 Å². The number of hydrogen-bond acceptors (Lipinski definition) is 1. The largest absolute Gasteiger partial charge is 0.310 e. The number of nitrogens with zero attached hydrogens (tertiary/aromatic N) is 1. The lowest BCUT2D eigenvalue weighted by molar-refractivity contribution is 1.32. The van der Waals surface area contributed by atoms with Crippen LogP contribution in [0.2, 0.25) is 0 Å². The van der Waals surface area contributed by atoms with E-state index in [9.17, 15) is 0 Å². The van der Waals surface area contributed by atoms with Crippen LogP contribution in [-0.2, 0) is 0 Å². The second kappa shape index (κ2) is 5.49. The van der Waals surface area contributed by atoms with Gasteiger partial charge in [-0.25, -0.2) is 0 Å². The van der Waals surface area contributed by atoms with Gasteiger partial charge < -0.3 is 3.93 Å². The van der Waals surface area contributed by atoms with E-state index in [0.717, 1.165) is 28.1 Å². The lowest BCUT2D eigenvalue weighted by Gasteiger charge is -2.18. The van der Waals surface area contributed by atoms with Crippen molar-refractivity contribution in [3.8, 4) is 0 Å². The van der Waals surface area contributed by atoms with Crippen molar-refractivity contribution < 1.29 is 0 Å². The molecule has 0 aliphatic heterocycles. The summed E-state index contributed by atoms with van der Waals surface area (Å²) in [5.41, 5.74) is 1.01. The van der Waals surface area contributed by atoms with Crippen LogP contribution in [0.3, 0.4) is 0 Å². The molecule has 1 rings (SSSR count). The molecule has 14 heavy (non-hydrogen) atoms. The van der Waals surface area contributed by atoms with E-state index in [1.165, 1.54) is 0 Å². The molecule has 0 spiro atoms. The van der Waals surface area contributed by atoms with Gasteiger partial charge in [0.05, 0.1) is 14.6 Å². The molecule has 7 heteroatoms. The molecule has 0 saturated heterocycles. The predicted octanol–water partition coefficient (Wildman–Crippen LogP) is 6.25. The Hall–Kier alpha value is 1.90. The molecule has 0 amide bonds. The van der Waals surface area contributed by atoms with Crippen LogP contribution in [0.5, 0.6) is 0 Å². The fourth-order valence-electron chi connectivity index (χ4n) is 0.864. The molecule has 1 aromatic rings. The van der Waals surface area contributed by atoms with E-state index in [4.69, 9.17) is 0 Å². The molecular formula is C7H3Br6N. The van der Waals surface area contributed by atoms with Crippen molar-refractivity contribution in [2.75, 3.05) is 11.0 Å². The van der Waals surface area contributed by atoms with Crippen molar-refractivity contribution in [2.45, 2.75) is 0 Å². The van der Waals surface area contributed by atoms with Crippen LogP contribution in [-0.4, -0.2) is 7.05 Å². The molecule has 0 saturated carbocycles. The monoisotopic (exact) mass is 575 g/mol. The highest BCUT2D eigenvalue weighted by molar-refractivity contribution is 9.16. The van der Waals surface area contributed by atoms with E-state index in [1.807, 2.05) is 11.0 Å². The summed E-state index contributed by atoms with van der Waals surface area (Å²) < 4.78 is 6.69. The van der Waals surface area contributed by atoms with Gasteiger partial charge in [0.2, 0.25) is 0 Å². The van der Waals surface area contributed by atoms with Crippen molar-refractivity contribution >= 4 is 101 Å². The van der Waals surface area contributed by atoms with Crippen LogP contribution in [0.4, 0.5) is 5.69 Å². The Morgan fingerprint density at radius 3 is 1.29 bits per heavy atom. The number of benzene rings is 1. The van der Waals surface area contributed by atoms with Gasteiger partial charge in [-0.2, -0.15) is 0 Å². The van der Waals surface area contributed by atoms with Crippen LogP contribution >= 0.6 is 95.8 Å². The van der Waals surface area contributed by atoms with Gasteiger partial charge in [0.15, 0.2) is 0 Å². The average molecular weight is 581 g/mol. The maximum absolute atomic E-state index is 3.52. The quantitative estimate of drug-likeness (QED) is 0.216. The van der Waals surface area contributed by atoms with Gasteiger partial charge in [0.1, 0.15) is 0 Å². The summed E-state index contributed by atoms with van der Waals surface area (Å²) in [6, 6.07) is 0. The van der Waals surface area contributed by atoms with E-state index in [1.54, 1.807) is 0 Å². The third-order valence-corrected chi connectivity index (χ3v) is 7.90. The molecule has 0 aromatic heterocycles.